The highest BCUT2D eigenvalue weighted by Gasteiger charge is 2.18. The van der Waals surface area contributed by atoms with Crippen molar-refractivity contribution in [2.45, 2.75) is 6.42 Å². The first-order valence-corrected chi connectivity index (χ1v) is 10.1. The van der Waals surface area contributed by atoms with Crippen LogP contribution < -0.4 is 10.6 Å². The van der Waals surface area contributed by atoms with E-state index in [0.717, 1.165) is 28.2 Å². The van der Waals surface area contributed by atoms with Crippen LogP contribution in [0.2, 0.25) is 0 Å². The maximum atomic E-state index is 11.6. The molecule has 0 saturated heterocycles. The molecule has 3 rings (SSSR count). The van der Waals surface area contributed by atoms with Crippen LogP contribution in [0.15, 0.2) is 41.6 Å². The Morgan fingerprint density at radius 2 is 1.87 bits per heavy atom. The third-order valence-electron chi connectivity index (χ3n) is 4.54. The lowest BCUT2D eigenvalue weighted by Gasteiger charge is -2.12. The lowest BCUT2D eigenvalue weighted by Crippen LogP contribution is -2.15. The number of pyridine rings is 1. The van der Waals surface area contributed by atoms with Crippen molar-refractivity contribution in [2.24, 2.45) is 5.11 Å². The standard InChI is InChI=1S/C21H26N6O4/c22-27-25-7-9-30-11-13-31-12-10-29-8-6-24-21-18(2-1-5-23-21)16-3-4-17-15-20(28)26-19(17)14-16/h1-5,14H,6-13,15H2,(H,23,24)(H,26,28). The number of aromatic nitrogens is 1. The summed E-state index contributed by atoms with van der Waals surface area (Å²) in [4.78, 5) is 18.7. The predicted molar refractivity (Wildman–Crippen MR) is 117 cm³/mol. The van der Waals surface area contributed by atoms with Crippen molar-refractivity contribution in [1.29, 1.82) is 0 Å². The van der Waals surface area contributed by atoms with Gasteiger partial charge >= 0.3 is 0 Å². The first-order chi connectivity index (χ1) is 15.3. The Morgan fingerprint density at radius 1 is 1.10 bits per heavy atom. The van der Waals surface area contributed by atoms with Crippen molar-refractivity contribution in [2.75, 3.05) is 63.4 Å². The van der Waals surface area contributed by atoms with Gasteiger partial charge in [0.2, 0.25) is 5.91 Å². The van der Waals surface area contributed by atoms with Crippen LogP contribution in [-0.4, -0.2) is 63.6 Å². The normalized spacial score (nSPS) is 12.2. The molecule has 10 nitrogen and oxygen atoms in total. The zero-order valence-electron chi connectivity index (χ0n) is 17.2. The van der Waals surface area contributed by atoms with E-state index in [1.54, 1.807) is 6.20 Å². The molecule has 1 aliphatic heterocycles. The van der Waals surface area contributed by atoms with Crippen LogP contribution in [0.25, 0.3) is 21.6 Å². The smallest absolute Gasteiger partial charge is 0.228 e. The van der Waals surface area contributed by atoms with Gasteiger partial charge in [-0.05, 0) is 34.9 Å². The van der Waals surface area contributed by atoms with Gasteiger partial charge in [-0.2, -0.15) is 0 Å². The Hall–Kier alpha value is -3.17. The summed E-state index contributed by atoms with van der Waals surface area (Å²) >= 11 is 0. The Morgan fingerprint density at radius 3 is 2.68 bits per heavy atom. The highest BCUT2D eigenvalue weighted by Crippen LogP contribution is 2.32. The second-order valence-corrected chi connectivity index (χ2v) is 6.71. The lowest BCUT2D eigenvalue weighted by atomic mass is 10.0. The van der Waals surface area contributed by atoms with Gasteiger partial charge in [-0.25, -0.2) is 4.98 Å². The van der Waals surface area contributed by atoms with Gasteiger partial charge in [0.1, 0.15) is 5.82 Å². The van der Waals surface area contributed by atoms with E-state index in [9.17, 15) is 4.79 Å². The summed E-state index contributed by atoms with van der Waals surface area (Å²) in [5.74, 6) is 0.792. The molecule has 164 valence electrons. The number of ether oxygens (including phenoxy) is 3. The Kier molecular flexibility index (Phi) is 9.08. The van der Waals surface area contributed by atoms with E-state index in [4.69, 9.17) is 19.7 Å². The molecule has 2 aromatic rings. The van der Waals surface area contributed by atoms with Gasteiger partial charge in [0, 0.05) is 35.4 Å². The number of benzene rings is 1. The number of fused-ring (bicyclic) bond motifs is 1. The summed E-state index contributed by atoms with van der Waals surface area (Å²) in [6, 6.07) is 9.86. The number of amides is 1. The number of carbonyl (C=O) groups excluding carboxylic acids is 1. The van der Waals surface area contributed by atoms with Crippen molar-refractivity contribution in [3.63, 3.8) is 0 Å². The van der Waals surface area contributed by atoms with Crippen molar-refractivity contribution in [1.82, 2.24) is 4.98 Å². The van der Waals surface area contributed by atoms with Crippen LogP contribution in [0.1, 0.15) is 5.56 Å². The van der Waals surface area contributed by atoms with Gasteiger partial charge in [0.15, 0.2) is 0 Å². The Balaban J connectivity index is 1.34. The highest BCUT2D eigenvalue weighted by atomic mass is 16.5. The Labute approximate surface area is 180 Å². The van der Waals surface area contributed by atoms with E-state index in [2.05, 4.69) is 25.6 Å². The fourth-order valence-corrected chi connectivity index (χ4v) is 3.09. The fraction of sp³-hybridized carbons (Fsp3) is 0.429. The molecule has 1 amide bonds. The maximum Gasteiger partial charge on any atom is 0.228 e. The molecule has 0 fully saturated rings. The minimum absolute atomic E-state index is 0.0238. The van der Waals surface area contributed by atoms with Crippen LogP contribution >= 0.6 is 0 Å². The molecule has 0 saturated carbocycles. The molecule has 10 heteroatoms. The third-order valence-corrected chi connectivity index (χ3v) is 4.54. The molecule has 31 heavy (non-hydrogen) atoms. The summed E-state index contributed by atoms with van der Waals surface area (Å²) < 4.78 is 16.2. The first kappa shape index (κ1) is 22.5. The molecule has 1 aliphatic rings. The van der Waals surface area contributed by atoms with E-state index in [0.29, 0.717) is 59.2 Å². The molecule has 2 heterocycles. The van der Waals surface area contributed by atoms with Gasteiger partial charge in [0.25, 0.3) is 0 Å². The number of nitrogens with zero attached hydrogens (tertiary/aromatic N) is 4. The quantitative estimate of drug-likeness (QED) is 0.207. The molecule has 0 atom stereocenters. The van der Waals surface area contributed by atoms with Crippen molar-refractivity contribution >= 4 is 17.4 Å². The number of nitrogens with one attached hydrogen (secondary N) is 2. The highest BCUT2D eigenvalue weighted by molar-refractivity contribution is 6.00. The number of rotatable bonds is 14. The zero-order valence-corrected chi connectivity index (χ0v) is 17.2. The molecule has 0 spiro atoms. The first-order valence-electron chi connectivity index (χ1n) is 10.1. The van der Waals surface area contributed by atoms with Gasteiger partial charge in [-0.1, -0.05) is 17.2 Å². The Bertz CT molecular complexity index is 916. The number of carbonyl (C=O) groups is 1. The van der Waals surface area contributed by atoms with Crippen molar-refractivity contribution < 1.29 is 19.0 Å². The molecule has 0 unspecified atom stereocenters. The minimum Gasteiger partial charge on any atom is -0.379 e. The average molecular weight is 426 g/mol. The summed E-state index contributed by atoms with van der Waals surface area (Å²) in [5, 5.41) is 9.57. The molecular weight excluding hydrogens is 400 g/mol. The second kappa shape index (κ2) is 12.5. The summed E-state index contributed by atoms with van der Waals surface area (Å²) in [6.45, 7) is 3.73. The van der Waals surface area contributed by atoms with Crippen LogP contribution in [-0.2, 0) is 25.4 Å². The van der Waals surface area contributed by atoms with Crippen molar-refractivity contribution in [3.05, 3.63) is 52.5 Å². The summed E-state index contributed by atoms with van der Waals surface area (Å²) in [6.07, 6.45) is 2.17. The number of azide groups is 1. The van der Waals surface area contributed by atoms with Crippen LogP contribution in [0.5, 0.6) is 0 Å². The monoisotopic (exact) mass is 426 g/mol. The van der Waals surface area contributed by atoms with Crippen molar-refractivity contribution in [3.8, 4) is 11.1 Å². The maximum absolute atomic E-state index is 11.6. The molecule has 1 aromatic carbocycles. The lowest BCUT2D eigenvalue weighted by molar-refractivity contribution is -0.115. The van der Waals surface area contributed by atoms with E-state index in [1.165, 1.54) is 0 Å². The van der Waals surface area contributed by atoms with Gasteiger partial charge in [-0.15, -0.1) is 0 Å². The predicted octanol–water partition coefficient (Wildman–Crippen LogP) is 3.02. The molecule has 0 aliphatic carbocycles. The van der Waals surface area contributed by atoms with Gasteiger partial charge in [0.05, 0.1) is 46.1 Å². The molecule has 0 radical (unpaired) electrons. The average Bonchev–Trinajstić information content (AvgIpc) is 3.16. The number of anilines is 2. The summed E-state index contributed by atoms with van der Waals surface area (Å²) in [5.41, 5.74) is 12.0. The van der Waals surface area contributed by atoms with Gasteiger partial charge in [-0.3, -0.25) is 4.79 Å². The van der Waals surface area contributed by atoms with E-state index in [1.807, 2.05) is 30.3 Å². The molecular formula is C21H26N6O4. The van der Waals surface area contributed by atoms with Crippen LogP contribution in [0.4, 0.5) is 11.5 Å². The molecule has 2 N–H and O–H groups in total. The van der Waals surface area contributed by atoms with Crippen LogP contribution in [0.3, 0.4) is 0 Å². The fourth-order valence-electron chi connectivity index (χ4n) is 3.09. The van der Waals surface area contributed by atoms with E-state index < -0.39 is 0 Å². The van der Waals surface area contributed by atoms with Crippen LogP contribution in [0, 0.1) is 0 Å². The largest absolute Gasteiger partial charge is 0.379 e. The zero-order chi connectivity index (χ0) is 21.7. The topological polar surface area (TPSA) is 130 Å². The number of hydrogen-bond donors (Lipinski definition) is 2. The number of hydrogen-bond acceptors (Lipinski definition) is 7. The van der Waals surface area contributed by atoms with Gasteiger partial charge < -0.3 is 24.8 Å². The molecule has 0 bridgehead atoms. The summed E-state index contributed by atoms with van der Waals surface area (Å²) in [7, 11) is 0. The minimum atomic E-state index is 0.0238. The third kappa shape index (κ3) is 7.23. The second-order valence-electron chi connectivity index (χ2n) is 6.71. The SMILES string of the molecule is [N-]=[N+]=NCCOCCOCCOCCNc1ncccc1-c1ccc2c(c1)NC(=O)C2. The van der Waals surface area contributed by atoms with E-state index in [-0.39, 0.29) is 5.91 Å². The molecule has 1 aromatic heterocycles. The van der Waals surface area contributed by atoms with E-state index >= 15 is 0 Å².